The minimum atomic E-state index is -4.86. The molecule has 30 heavy (non-hydrogen) atoms. The predicted octanol–water partition coefficient (Wildman–Crippen LogP) is 3.59. The molecular weight excluding hydrogens is 399 g/mol. The Balaban J connectivity index is 1.54. The largest absolute Gasteiger partial charge is 0.573 e. The highest BCUT2D eigenvalue weighted by atomic mass is 19.4. The van der Waals surface area contributed by atoms with E-state index >= 15 is 0 Å². The molecule has 1 heterocycles. The molecule has 7 nitrogen and oxygen atoms in total. The molecule has 1 aliphatic carbocycles. The van der Waals surface area contributed by atoms with Gasteiger partial charge in [-0.2, -0.15) is 4.98 Å². The van der Waals surface area contributed by atoms with Crippen molar-refractivity contribution in [3.8, 4) is 5.75 Å². The Hall–Kier alpha value is -3.04. The fourth-order valence-corrected chi connectivity index (χ4v) is 3.36. The van der Waals surface area contributed by atoms with Crippen LogP contribution in [-0.2, 0) is 0 Å². The lowest BCUT2D eigenvalue weighted by molar-refractivity contribution is -0.274. The van der Waals surface area contributed by atoms with Crippen molar-refractivity contribution in [2.75, 3.05) is 24.3 Å². The first-order valence-corrected chi connectivity index (χ1v) is 9.64. The predicted molar refractivity (Wildman–Crippen MR) is 107 cm³/mol. The van der Waals surface area contributed by atoms with Crippen molar-refractivity contribution >= 4 is 17.7 Å². The number of hydrogen-bond donors (Lipinski definition) is 2. The molecule has 0 aliphatic heterocycles. The molecule has 10 heteroatoms. The van der Waals surface area contributed by atoms with Crippen LogP contribution in [-0.4, -0.2) is 48.4 Å². The molecule has 1 aromatic carbocycles. The number of para-hydroxylation sites is 1. The van der Waals surface area contributed by atoms with Crippen LogP contribution in [0.2, 0.25) is 0 Å². The number of halogens is 3. The van der Waals surface area contributed by atoms with Gasteiger partial charge in [-0.15, -0.1) is 13.2 Å². The van der Waals surface area contributed by atoms with Gasteiger partial charge < -0.3 is 20.3 Å². The minimum Gasteiger partial charge on any atom is -0.405 e. The summed E-state index contributed by atoms with van der Waals surface area (Å²) in [5.41, 5.74) is -0.135. The van der Waals surface area contributed by atoms with Gasteiger partial charge in [0.2, 0.25) is 5.95 Å². The van der Waals surface area contributed by atoms with Crippen LogP contribution in [0.1, 0.15) is 36.0 Å². The Morgan fingerprint density at radius 3 is 2.43 bits per heavy atom. The summed E-state index contributed by atoms with van der Waals surface area (Å²) in [6.45, 7) is 0. The SMILES string of the molecule is CN(C)c1ccnc(NC2CCC(NC(=O)c3ccccc3OC(F)(F)F)CC2)n1. The maximum atomic E-state index is 12.6. The molecule has 0 saturated heterocycles. The van der Waals surface area contributed by atoms with Crippen LogP contribution >= 0.6 is 0 Å². The van der Waals surface area contributed by atoms with Crippen LogP contribution in [0.4, 0.5) is 24.9 Å². The van der Waals surface area contributed by atoms with Crippen molar-refractivity contribution in [1.82, 2.24) is 15.3 Å². The van der Waals surface area contributed by atoms with E-state index in [4.69, 9.17) is 0 Å². The number of amides is 1. The van der Waals surface area contributed by atoms with Crippen LogP contribution in [0.25, 0.3) is 0 Å². The molecule has 0 unspecified atom stereocenters. The lowest BCUT2D eigenvalue weighted by Crippen LogP contribution is -2.40. The Morgan fingerprint density at radius 1 is 1.10 bits per heavy atom. The molecule has 0 spiro atoms. The van der Waals surface area contributed by atoms with Crippen molar-refractivity contribution in [1.29, 1.82) is 0 Å². The summed E-state index contributed by atoms with van der Waals surface area (Å²) in [6, 6.07) is 7.20. The van der Waals surface area contributed by atoms with Crippen LogP contribution in [0.5, 0.6) is 5.75 Å². The number of nitrogens with zero attached hydrogens (tertiary/aromatic N) is 3. The molecule has 162 valence electrons. The lowest BCUT2D eigenvalue weighted by Gasteiger charge is -2.30. The van der Waals surface area contributed by atoms with E-state index < -0.39 is 18.0 Å². The zero-order chi connectivity index (χ0) is 21.7. The highest BCUT2D eigenvalue weighted by Crippen LogP contribution is 2.27. The number of alkyl halides is 3. The normalized spacial score (nSPS) is 19.1. The summed E-state index contributed by atoms with van der Waals surface area (Å²) in [5, 5.41) is 6.13. The number of ether oxygens (including phenoxy) is 1. The van der Waals surface area contributed by atoms with Gasteiger partial charge in [-0.3, -0.25) is 4.79 Å². The first-order valence-electron chi connectivity index (χ1n) is 9.64. The highest BCUT2D eigenvalue weighted by Gasteiger charge is 2.33. The fourth-order valence-electron chi connectivity index (χ4n) is 3.36. The van der Waals surface area contributed by atoms with Crippen LogP contribution in [0.3, 0.4) is 0 Å². The molecule has 1 saturated carbocycles. The molecular formula is C20H24F3N5O2. The van der Waals surface area contributed by atoms with Gasteiger partial charge in [0.1, 0.15) is 11.6 Å². The van der Waals surface area contributed by atoms with Crippen LogP contribution in [0, 0.1) is 0 Å². The van der Waals surface area contributed by atoms with Gasteiger partial charge in [-0.25, -0.2) is 4.98 Å². The molecule has 1 fully saturated rings. The third kappa shape index (κ3) is 5.98. The molecule has 2 N–H and O–H groups in total. The molecule has 1 amide bonds. The van der Waals surface area contributed by atoms with Crippen molar-refractivity contribution in [2.45, 2.75) is 44.1 Å². The van der Waals surface area contributed by atoms with E-state index in [1.54, 1.807) is 6.20 Å². The monoisotopic (exact) mass is 423 g/mol. The number of benzene rings is 1. The Kier molecular flexibility index (Phi) is 6.63. The first kappa shape index (κ1) is 21.7. The number of rotatable bonds is 6. The maximum Gasteiger partial charge on any atom is 0.573 e. The molecule has 2 aromatic rings. The Morgan fingerprint density at radius 2 is 1.77 bits per heavy atom. The lowest BCUT2D eigenvalue weighted by atomic mass is 9.91. The molecule has 3 rings (SSSR count). The summed E-state index contributed by atoms with van der Waals surface area (Å²) < 4.78 is 41.6. The number of carbonyl (C=O) groups is 1. The van der Waals surface area contributed by atoms with E-state index in [1.165, 1.54) is 18.2 Å². The van der Waals surface area contributed by atoms with Gasteiger partial charge >= 0.3 is 6.36 Å². The average molecular weight is 423 g/mol. The third-order valence-electron chi connectivity index (χ3n) is 4.85. The second kappa shape index (κ2) is 9.19. The fraction of sp³-hybridized carbons (Fsp3) is 0.450. The number of aromatic nitrogens is 2. The van der Waals surface area contributed by atoms with Crippen molar-refractivity contribution < 1.29 is 22.7 Å². The van der Waals surface area contributed by atoms with E-state index in [1.807, 2.05) is 25.1 Å². The van der Waals surface area contributed by atoms with Gasteiger partial charge in [0, 0.05) is 32.4 Å². The zero-order valence-corrected chi connectivity index (χ0v) is 16.7. The van der Waals surface area contributed by atoms with E-state index in [9.17, 15) is 18.0 Å². The van der Waals surface area contributed by atoms with Gasteiger partial charge in [0.05, 0.1) is 5.56 Å². The van der Waals surface area contributed by atoms with E-state index in [-0.39, 0.29) is 17.6 Å². The number of anilines is 2. The van der Waals surface area contributed by atoms with Gasteiger partial charge in [0.15, 0.2) is 0 Å². The van der Waals surface area contributed by atoms with Crippen molar-refractivity contribution in [3.05, 3.63) is 42.1 Å². The van der Waals surface area contributed by atoms with E-state index in [0.29, 0.717) is 18.8 Å². The highest BCUT2D eigenvalue weighted by molar-refractivity contribution is 5.97. The topological polar surface area (TPSA) is 79.4 Å². The summed E-state index contributed by atoms with van der Waals surface area (Å²) in [6.07, 6.45) is -0.219. The minimum absolute atomic E-state index is 0.122. The second-order valence-electron chi connectivity index (χ2n) is 7.34. The van der Waals surface area contributed by atoms with Crippen molar-refractivity contribution in [2.24, 2.45) is 0 Å². The first-order chi connectivity index (χ1) is 14.2. The number of carbonyl (C=O) groups excluding carboxylic acids is 1. The van der Waals surface area contributed by atoms with Crippen molar-refractivity contribution in [3.63, 3.8) is 0 Å². The summed E-state index contributed by atoms with van der Waals surface area (Å²) >= 11 is 0. The quantitative estimate of drug-likeness (QED) is 0.739. The van der Waals surface area contributed by atoms with Gasteiger partial charge in [0.25, 0.3) is 5.91 Å². The number of hydrogen-bond acceptors (Lipinski definition) is 6. The Labute approximate surface area is 172 Å². The van der Waals surface area contributed by atoms with Gasteiger partial charge in [-0.05, 0) is 43.9 Å². The molecule has 1 aromatic heterocycles. The summed E-state index contributed by atoms with van der Waals surface area (Å²) in [7, 11) is 3.80. The number of nitrogens with one attached hydrogen (secondary N) is 2. The molecule has 0 radical (unpaired) electrons. The maximum absolute atomic E-state index is 12.6. The van der Waals surface area contributed by atoms with Crippen LogP contribution < -0.4 is 20.3 Å². The average Bonchev–Trinajstić information content (AvgIpc) is 2.69. The smallest absolute Gasteiger partial charge is 0.405 e. The summed E-state index contributed by atoms with van der Waals surface area (Å²) in [4.78, 5) is 23.1. The molecule has 1 aliphatic rings. The molecule has 0 bridgehead atoms. The standard InChI is InChI=1S/C20H24F3N5O2/c1-28(2)17-11-12-24-19(27-17)26-14-9-7-13(8-10-14)25-18(29)15-5-3-4-6-16(15)30-20(21,22)23/h3-6,11-14H,7-10H2,1-2H3,(H,25,29)(H,24,26,27). The molecule has 0 atom stereocenters. The van der Waals surface area contributed by atoms with Crippen LogP contribution in [0.15, 0.2) is 36.5 Å². The van der Waals surface area contributed by atoms with E-state index in [0.717, 1.165) is 24.7 Å². The van der Waals surface area contributed by atoms with E-state index in [2.05, 4.69) is 25.3 Å². The zero-order valence-electron chi connectivity index (χ0n) is 16.7. The third-order valence-corrected chi connectivity index (χ3v) is 4.85. The second-order valence-corrected chi connectivity index (χ2v) is 7.34. The van der Waals surface area contributed by atoms with Gasteiger partial charge in [-0.1, -0.05) is 12.1 Å². The Bertz CT molecular complexity index is 868. The summed E-state index contributed by atoms with van der Waals surface area (Å²) in [5.74, 6) is 0.268.